The second kappa shape index (κ2) is 7.17. The maximum atomic E-state index is 12.3. The zero-order valence-corrected chi connectivity index (χ0v) is 14.7. The summed E-state index contributed by atoms with van der Waals surface area (Å²) >= 11 is 3.94. The molecule has 0 saturated carbocycles. The Kier molecular flexibility index (Phi) is 5.43. The fourth-order valence-electron chi connectivity index (χ4n) is 2.18. The number of nitrogens with one attached hydrogen (secondary N) is 1. The molecule has 2 rings (SSSR count). The van der Waals surface area contributed by atoms with Gasteiger partial charge in [-0.25, -0.2) is 4.79 Å². The standard InChI is InChI=1S/C17H21N3O3S/c1-17(2,3)19-8-13-12-6-10(4-5-11(12)7-18-13)15(21)20-14(9-24)16(22)23/h4-8,12,14,24H,9H2,1-3H3,(H,20,21)(H,22,23). The molecule has 0 aromatic heterocycles. The molecule has 1 aliphatic heterocycles. The van der Waals surface area contributed by atoms with Gasteiger partial charge < -0.3 is 10.4 Å². The van der Waals surface area contributed by atoms with Crippen LogP contribution in [0.3, 0.4) is 0 Å². The second-order valence-corrected chi connectivity index (χ2v) is 6.96. The van der Waals surface area contributed by atoms with Crippen LogP contribution in [0.25, 0.3) is 0 Å². The third-order valence-corrected chi connectivity index (χ3v) is 3.84. The summed E-state index contributed by atoms with van der Waals surface area (Å²) in [6.45, 7) is 5.98. The molecule has 0 spiro atoms. The number of carboxylic acid groups (broad SMARTS) is 1. The lowest BCUT2D eigenvalue weighted by molar-refractivity contribution is -0.140. The van der Waals surface area contributed by atoms with Gasteiger partial charge in [0.15, 0.2) is 0 Å². The molecule has 24 heavy (non-hydrogen) atoms. The molecule has 7 heteroatoms. The number of thiol groups is 1. The minimum Gasteiger partial charge on any atom is -0.480 e. The Hall–Kier alpha value is -2.15. The zero-order valence-electron chi connectivity index (χ0n) is 13.9. The molecule has 1 amide bonds. The number of allylic oxidation sites excluding steroid dienone is 3. The van der Waals surface area contributed by atoms with E-state index in [4.69, 9.17) is 5.11 Å². The van der Waals surface area contributed by atoms with Crippen molar-refractivity contribution in [3.05, 3.63) is 35.6 Å². The van der Waals surface area contributed by atoms with Crippen LogP contribution in [-0.2, 0) is 9.59 Å². The van der Waals surface area contributed by atoms with Gasteiger partial charge in [-0.2, -0.15) is 12.6 Å². The van der Waals surface area contributed by atoms with Crippen molar-refractivity contribution in [2.75, 3.05) is 5.75 Å². The van der Waals surface area contributed by atoms with Crippen LogP contribution in [-0.4, -0.2) is 46.2 Å². The number of fused-ring (bicyclic) bond motifs is 1. The van der Waals surface area contributed by atoms with Gasteiger partial charge in [0.05, 0.1) is 11.3 Å². The van der Waals surface area contributed by atoms with E-state index in [1.807, 2.05) is 26.8 Å². The van der Waals surface area contributed by atoms with E-state index in [-0.39, 0.29) is 17.2 Å². The average molecular weight is 347 g/mol. The Morgan fingerprint density at radius 2 is 2.17 bits per heavy atom. The molecule has 2 atom stereocenters. The van der Waals surface area contributed by atoms with Crippen LogP contribution in [0.2, 0.25) is 0 Å². The number of rotatable bonds is 5. The molecule has 1 aliphatic carbocycles. The summed E-state index contributed by atoms with van der Waals surface area (Å²) in [6, 6.07) is -1.02. The van der Waals surface area contributed by atoms with Gasteiger partial charge >= 0.3 is 5.97 Å². The summed E-state index contributed by atoms with van der Waals surface area (Å²) in [5.74, 6) is -1.66. The molecule has 0 aromatic carbocycles. The molecule has 0 aromatic rings. The maximum absolute atomic E-state index is 12.3. The Bertz CT molecular complexity index is 696. The first kappa shape index (κ1) is 18.2. The van der Waals surface area contributed by atoms with Crippen molar-refractivity contribution in [1.29, 1.82) is 0 Å². The lowest BCUT2D eigenvalue weighted by atomic mass is 9.89. The Morgan fingerprint density at radius 1 is 1.46 bits per heavy atom. The molecule has 0 fully saturated rings. The van der Waals surface area contributed by atoms with Gasteiger partial charge in [0.25, 0.3) is 5.91 Å². The van der Waals surface area contributed by atoms with Crippen LogP contribution in [0.5, 0.6) is 0 Å². The molecule has 1 heterocycles. The largest absolute Gasteiger partial charge is 0.480 e. The van der Waals surface area contributed by atoms with Gasteiger partial charge in [-0.05, 0) is 32.4 Å². The summed E-state index contributed by atoms with van der Waals surface area (Å²) in [5.41, 5.74) is 1.94. The quantitative estimate of drug-likeness (QED) is 0.523. The number of carboxylic acids is 1. The number of amides is 1. The van der Waals surface area contributed by atoms with E-state index >= 15 is 0 Å². The van der Waals surface area contributed by atoms with Crippen molar-refractivity contribution >= 4 is 36.4 Å². The highest BCUT2D eigenvalue weighted by molar-refractivity contribution is 7.80. The molecule has 0 radical (unpaired) electrons. The maximum Gasteiger partial charge on any atom is 0.327 e. The summed E-state index contributed by atoms with van der Waals surface area (Å²) in [4.78, 5) is 32.1. The lowest BCUT2D eigenvalue weighted by Crippen LogP contribution is -2.42. The van der Waals surface area contributed by atoms with E-state index in [0.29, 0.717) is 5.57 Å². The summed E-state index contributed by atoms with van der Waals surface area (Å²) in [5, 5.41) is 11.5. The van der Waals surface area contributed by atoms with Crippen LogP contribution < -0.4 is 5.32 Å². The number of carbonyl (C=O) groups is 2. The van der Waals surface area contributed by atoms with Gasteiger partial charge in [-0.15, -0.1) is 0 Å². The number of aliphatic carboxylic acids is 1. The first-order valence-corrected chi connectivity index (χ1v) is 8.22. The summed E-state index contributed by atoms with van der Waals surface area (Å²) < 4.78 is 0. The predicted octanol–water partition coefficient (Wildman–Crippen LogP) is 1.81. The predicted molar refractivity (Wildman–Crippen MR) is 97.9 cm³/mol. The van der Waals surface area contributed by atoms with Crippen LogP contribution in [0.4, 0.5) is 0 Å². The van der Waals surface area contributed by atoms with Crippen molar-refractivity contribution in [2.24, 2.45) is 15.9 Å². The highest BCUT2D eigenvalue weighted by atomic mass is 32.1. The Balaban J connectivity index is 2.14. The van der Waals surface area contributed by atoms with E-state index in [1.54, 1.807) is 24.6 Å². The zero-order chi connectivity index (χ0) is 17.9. The fourth-order valence-corrected chi connectivity index (χ4v) is 2.43. The minimum atomic E-state index is -1.11. The van der Waals surface area contributed by atoms with Crippen molar-refractivity contribution in [2.45, 2.75) is 32.4 Å². The molecular weight excluding hydrogens is 326 g/mol. The topological polar surface area (TPSA) is 91.1 Å². The number of carbonyl (C=O) groups excluding carboxylic acids is 1. The highest BCUT2D eigenvalue weighted by Gasteiger charge is 2.27. The molecule has 2 aliphatic rings. The van der Waals surface area contributed by atoms with Gasteiger partial charge in [0, 0.05) is 29.7 Å². The highest BCUT2D eigenvalue weighted by Crippen LogP contribution is 2.28. The smallest absolute Gasteiger partial charge is 0.327 e. The molecule has 0 saturated heterocycles. The number of hydrogen-bond donors (Lipinski definition) is 3. The fraction of sp³-hybridized carbons (Fsp3) is 0.412. The Labute approximate surface area is 146 Å². The summed E-state index contributed by atoms with van der Waals surface area (Å²) in [7, 11) is 0. The number of hydrogen-bond acceptors (Lipinski definition) is 5. The lowest BCUT2D eigenvalue weighted by Gasteiger charge is -2.18. The van der Waals surface area contributed by atoms with Crippen LogP contribution >= 0.6 is 12.6 Å². The van der Waals surface area contributed by atoms with Gasteiger partial charge in [0.2, 0.25) is 0 Å². The SMILES string of the molecule is CC(C)(C)N=CC1=NC=C2C=CC(C(=O)NC(CS)C(=O)O)=CC21. The molecular formula is C17H21N3O3S. The van der Waals surface area contributed by atoms with Crippen LogP contribution in [0.15, 0.2) is 45.6 Å². The molecule has 6 nitrogen and oxygen atoms in total. The third-order valence-electron chi connectivity index (χ3n) is 3.47. The minimum absolute atomic E-state index is 0.0254. The Morgan fingerprint density at radius 3 is 2.75 bits per heavy atom. The van der Waals surface area contributed by atoms with E-state index in [2.05, 4.69) is 27.9 Å². The number of nitrogens with zero attached hydrogens (tertiary/aromatic N) is 2. The van der Waals surface area contributed by atoms with E-state index in [1.165, 1.54) is 0 Å². The van der Waals surface area contributed by atoms with Crippen molar-refractivity contribution in [3.63, 3.8) is 0 Å². The number of aliphatic imine (C=N–C) groups is 2. The molecule has 2 unspecified atom stereocenters. The van der Waals surface area contributed by atoms with E-state index in [0.717, 1.165) is 11.3 Å². The molecule has 0 bridgehead atoms. The van der Waals surface area contributed by atoms with E-state index < -0.39 is 17.9 Å². The monoisotopic (exact) mass is 347 g/mol. The first-order valence-electron chi connectivity index (χ1n) is 7.58. The average Bonchev–Trinajstić information content (AvgIpc) is 2.91. The van der Waals surface area contributed by atoms with Crippen LogP contribution in [0.1, 0.15) is 20.8 Å². The van der Waals surface area contributed by atoms with Gasteiger partial charge in [-0.1, -0.05) is 12.2 Å². The molecule has 128 valence electrons. The van der Waals surface area contributed by atoms with Crippen LogP contribution in [0, 0.1) is 5.92 Å². The van der Waals surface area contributed by atoms with Crippen molar-refractivity contribution in [3.8, 4) is 0 Å². The van der Waals surface area contributed by atoms with Crippen molar-refractivity contribution < 1.29 is 14.7 Å². The summed E-state index contributed by atoms with van der Waals surface area (Å²) in [6.07, 6.45) is 8.74. The van der Waals surface area contributed by atoms with E-state index in [9.17, 15) is 9.59 Å². The van der Waals surface area contributed by atoms with Gasteiger partial charge in [-0.3, -0.25) is 14.8 Å². The van der Waals surface area contributed by atoms with Crippen molar-refractivity contribution in [1.82, 2.24) is 5.32 Å². The molecule has 2 N–H and O–H groups in total. The third kappa shape index (κ3) is 4.44. The normalized spacial score (nSPS) is 21.0. The first-order chi connectivity index (χ1) is 11.2. The van der Waals surface area contributed by atoms with Gasteiger partial charge in [0.1, 0.15) is 6.04 Å². The second-order valence-electron chi connectivity index (χ2n) is 6.59.